The van der Waals surface area contributed by atoms with Gasteiger partial charge in [0.05, 0.1) is 5.56 Å². The van der Waals surface area contributed by atoms with Crippen LogP contribution in [0.5, 0.6) is 0 Å². The number of aromatic nitrogens is 1. The maximum atomic E-state index is 12.2. The first-order valence-electron chi connectivity index (χ1n) is 7.30. The van der Waals surface area contributed by atoms with Gasteiger partial charge in [0, 0.05) is 0 Å². The molecule has 4 heteroatoms. The molecule has 0 radical (unpaired) electrons. The third-order valence-electron chi connectivity index (χ3n) is 3.65. The highest BCUT2D eigenvalue weighted by Gasteiger charge is 2.11. The van der Waals surface area contributed by atoms with E-state index in [0.29, 0.717) is 17.0 Å². The zero-order chi connectivity index (χ0) is 15.6. The van der Waals surface area contributed by atoms with Crippen molar-refractivity contribution in [3.63, 3.8) is 0 Å². The fourth-order valence-corrected chi connectivity index (χ4v) is 2.51. The second-order valence-electron chi connectivity index (χ2n) is 5.21. The number of ether oxygens (including phenoxy) is 1. The molecule has 4 nitrogen and oxygen atoms in total. The summed E-state index contributed by atoms with van der Waals surface area (Å²) in [5, 5.41) is 2.09. The number of fused-ring (bicyclic) bond motifs is 2. The van der Waals surface area contributed by atoms with Crippen LogP contribution in [0.1, 0.15) is 16.2 Å². The highest BCUT2D eigenvalue weighted by Crippen LogP contribution is 2.18. The first-order valence-corrected chi connectivity index (χ1v) is 7.30. The summed E-state index contributed by atoms with van der Waals surface area (Å²) in [5.74, 6) is -0.00153. The maximum absolute atomic E-state index is 12.2. The van der Waals surface area contributed by atoms with Crippen LogP contribution >= 0.6 is 0 Å². The number of carbonyl (C=O) groups is 1. The molecule has 1 aromatic heterocycles. The van der Waals surface area contributed by atoms with E-state index in [1.165, 1.54) is 0 Å². The molecule has 0 unspecified atom stereocenters. The summed E-state index contributed by atoms with van der Waals surface area (Å²) in [6, 6.07) is 20.8. The predicted molar refractivity (Wildman–Crippen MR) is 87.1 cm³/mol. The van der Waals surface area contributed by atoms with Gasteiger partial charge in [0.1, 0.15) is 5.52 Å². The van der Waals surface area contributed by atoms with E-state index in [4.69, 9.17) is 9.15 Å². The molecule has 0 aliphatic rings. The number of oxazole rings is 1. The number of carbonyl (C=O) groups excluding carboxylic acids is 1. The number of hydrogen-bond donors (Lipinski definition) is 0. The van der Waals surface area contributed by atoms with Crippen LogP contribution in [0.4, 0.5) is 0 Å². The molecule has 0 fully saturated rings. The average molecular weight is 303 g/mol. The third kappa shape index (κ3) is 2.66. The minimum Gasteiger partial charge on any atom is -0.452 e. The molecule has 0 N–H and O–H groups in total. The van der Waals surface area contributed by atoms with E-state index in [1.807, 2.05) is 60.7 Å². The quantitative estimate of drug-likeness (QED) is 0.528. The molecule has 112 valence electrons. The summed E-state index contributed by atoms with van der Waals surface area (Å²) in [7, 11) is 0. The van der Waals surface area contributed by atoms with Crippen molar-refractivity contribution in [3.05, 3.63) is 78.2 Å². The predicted octanol–water partition coefficient (Wildman–Crippen LogP) is 4.34. The van der Waals surface area contributed by atoms with Gasteiger partial charge >= 0.3 is 5.97 Å². The SMILES string of the molecule is O=C(OCc1nc2ccccc2o1)c1ccc2ccccc2c1. The minimum absolute atomic E-state index is 0.0142. The van der Waals surface area contributed by atoms with Crippen molar-refractivity contribution in [1.29, 1.82) is 0 Å². The largest absolute Gasteiger partial charge is 0.452 e. The van der Waals surface area contributed by atoms with Crippen molar-refractivity contribution in [2.75, 3.05) is 0 Å². The molecule has 0 bridgehead atoms. The van der Waals surface area contributed by atoms with E-state index in [0.717, 1.165) is 16.3 Å². The van der Waals surface area contributed by atoms with E-state index < -0.39 is 5.97 Å². The Morgan fingerprint density at radius 2 is 1.74 bits per heavy atom. The summed E-state index contributed by atoms with van der Waals surface area (Å²) in [6.45, 7) is 0.0142. The normalized spacial score (nSPS) is 11.0. The summed E-state index contributed by atoms with van der Waals surface area (Å²) >= 11 is 0. The fourth-order valence-electron chi connectivity index (χ4n) is 2.51. The highest BCUT2D eigenvalue weighted by atomic mass is 16.5. The Morgan fingerprint density at radius 1 is 0.957 bits per heavy atom. The Hall–Kier alpha value is -3.14. The van der Waals surface area contributed by atoms with Gasteiger partial charge in [-0.2, -0.15) is 0 Å². The van der Waals surface area contributed by atoms with E-state index in [2.05, 4.69) is 4.98 Å². The minimum atomic E-state index is -0.391. The molecule has 4 aromatic rings. The van der Waals surface area contributed by atoms with Crippen LogP contribution in [-0.2, 0) is 11.3 Å². The molecule has 1 heterocycles. The van der Waals surface area contributed by atoms with Gasteiger partial charge in [-0.3, -0.25) is 0 Å². The van der Waals surface area contributed by atoms with Crippen molar-refractivity contribution in [2.45, 2.75) is 6.61 Å². The first kappa shape index (κ1) is 13.5. The molecule has 0 amide bonds. The molecular weight excluding hydrogens is 290 g/mol. The fraction of sp³-hybridized carbons (Fsp3) is 0.0526. The van der Waals surface area contributed by atoms with Crippen molar-refractivity contribution >= 4 is 27.8 Å². The first-order chi connectivity index (χ1) is 11.3. The van der Waals surface area contributed by atoms with Crippen LogP contribution in [-0.4, -0.2) is 11.0 Å². The molecule has 3 aromatic carbocycles. The van der Waals surface area contributed by atoms with Crippen LogP contribution < -0.4 is 0 Å². The van der Waals surface area contributed by atoms with Gasteiger partial charge in [-0.05, 0) is 35.0 Å². The van der Waals surface area contributed by atoms with Crippen molar-refractivity contribution in [1.82, 2.24) is 4.98 Å². The molecule has 0 aliphatic heterocycles. The lowest BCUT2D eigenvalue weighted by Crippen LogP contribution is -2.05. The topological polar surface area (TPSA) is 52.3 Å². The Bertz CT molecular complexity index is 971. The number of nitrogens with zero attached hydrogens (tertiary/aromatic N) is 1. The molecule has 0 spiro atoms. The lowest BCUT2D eigenvalue weighted by molar-refractivity contribution is 0.0440. The number of esters is 1. The standard InChI is InChI=1S/C19H13NO3/c21-19(15-10-9-13-5-1-2-6-14(13)11-15)22-12-18-20-16-7-3-4-8-17(16)23-18/h1-11H,12H2. The number of rotatable bonds is 3. The summed E-state index contributed by atoms with van der Waals surface area (Å²) in [4.78, 5) is 16.5. The van der Waals surface area contributed by atoms with E-state index in [1.54, 1.807) is 6.07 Å². The van der Waals surface area contributed by atoms with Crippen LogP contribution in [0.3, 0.4) is 0 Å². The molecule has 0 saturated heterocycles. The van der Waals surface area contributed by atoms with Gasteiger partial charge in [-0.25, -0.2) is 9.78 Å². The van der Waals surface area contributed by atoms with Crippen molar-refractivity contribution in [2.24, 2.45) is 0 Å². The molecule has 4 rings (SSSR count). The van der Waals surface area contributed by atoms with Gasteiger partial charge in [-0.1, -0.05) is 42.5 Å². The van der Waals surface area contributed by atoms with E-state index >= 15 is 0 Å². The molecule has 0 saturated carbocycles. The van der Waals surface area contributed by atoms with E-state index in [-0.39, 0.29) is 6.61 Å². The Kier molecular flexibility index (Phi) is 3.27. The lowest BCUT2D eigenvalue weighted by atomic mass is 10.1. The number of hydrogen-bond acceptors (Lipinski definition) is 4. The van der Waals surface area contributed by atoms with Crippen LogP contribution in [0.25, 0.3) is 21.9 Å². The van der Waals surface area contributed by atoms with Gasteiger partial charge < -0.3 is 9.15 Å². The molecular formula is C19H13NO3. The second kappa shape index (κ2) is 5.57. The monoisotopic (exact) mass is 303 g/mol. The Morgan fingerprint density at radius 3 is 2.61 bits per heavy atom. The van der Waals surface area contributed by atoms with Gasteiger partial charge in [-0.15, -0.1) is 0 Å². The van der Waals surface area contributed by atoms with Gasteiger partial charge in [0.2, 0.25) is 5.89 Å². The average Bonchev–Trinajstić information content (AvgIpc) is 3.02. The highest BCUT2D eigenvalue weighted by molar-refractivity contribution is 5.95. The molecule has 0 aliphatic carbocycles. The number of para-hydroxylation sites is 2. The summed E-state index contributed by atoms with van der Waals surface area (Å²) in [6.07, 6.45) is 0. The molecule has 23 heavy (non-hydrogen) atoms. The van der Waals surface area contributed by atoms with Crippen LogP contribution in [0, 0.1) is 0 Å². The van der Waals surface area contributed by atoms with Gasteiger partial charge in [0.25, 0.3) is 0 Å². The zero-order valence-electron chi connectivity index (χ0n) is 12.2. The number of benzene rings is 3. The van der Waals surface area contributed by atoms with Crippen molar-refractivity contribution in [3.8, 4) is 0 Å². The van der Waals surface area contributed by atoms with Crippen molar-refractivity contribution < 1.29 is 13.9 Å². The summed E-state index contributed by atoms with van der Waals surface area (Å²) < 4.78 is 10.8. The third-order valence-corrected chi connectivity index (χ3v) is 3.65. The smallest absolute Gasteiger partial charge is 0.338 e. The second-order valence-corrected chi connectivity index (χ2v) is 5.21. The van der Waals surface area contributed by atoms with Gasteiger partial charge in [0.15, 0.2) is 12.2 Å². The van der Waals surface area contributed by atoms with E-state index in [9.17, 15) is 4.79 Å². The Labute approximate surface area is 132 Å². The lowest BCUT2D eigenvalue weighted by Gasteiger charge is -2.04. The zero-order valence-corrected chi connectivity index (χ0v) is 12.2. The molecule has 0 atom stereocenters. The van der Waals surface area contributed by atoms with Crippen LogP contribution in [0.15, 0.2) is 71.1 Å². The Balaban J connectivity index is 1.52. The maximum Gasteiger partial charge on any atom is 0.338 e. The summed E-state index contributed by atoms with van der Waals surface area (Å²) in [5.41, 5.74) is 1.95. The van der Waals surface area contributed by atoms with Crippen LogP contribution in [0.2, 0.25) is 0 Å².